The third kappa shape index (κ3) is 4.25. The van der Waals surface area contributed by atoms with Crippen molar-refractivity contribution in [2.45, 2.75) is 19.4 Å². The van der Waals surface area contributed by atoms with Gasteiger partial charge < -0.3 is 10.1 Å². The summed E-state index contributed by atoms with van der Waals surface area (Å²) in [5.74, 6) is 0.434. The number of benzene rings is 3. The van der Waals surface area contributed by atoms with E-state index in [1.165, 1.54) is 0 Å². The van der Waals surface area contributed by atoms with Crippen LogP contribution in [0.25, 0.3) is 10.8 Å². The lowest BCUT2D eigenvalue weighted by Gasteiger charge is -2.18. The second-order valence-corrected chi connectivity index (χ2v) is 6.46. The van der Waals surface area contributed by atoms with Crippen molar-refractivity contribution in [3.8, 4) is 5.75 Å². The Hall–Kier alpha value is -2.23. The minimum Gasteiger partial charge on any atom is -0.481 e. The fraction of sp³-hybridized carbons (Fsp3) is 0.150. The third-order valence-electron chi connectivity index (χ3n) is 3.85. The van der Waals surface area contributed by atoms with Crippen LogP contribution in [0.2, 0.25) is 10.0 Å². The fourth-order valence-electron chi connectivity index (χ4n) is 2.52. The number of carbonyl (C=O) groups excluding carboxylic acids is 1. The molecule has 0 aliphatic heterocycles. The van der Waals surface area contributed by atoms with E-state index in [4.69, 9.17) is 27.9 Å². The maximum Gasteiger partial charge on any atom is 0.265 e. The van der Waals surface area contributed by atoms with E-state index in [2.05, 4.69) is 5.32 Å². The van der Waals surface area contributed by atoms with Gasteiger partial charge >= 0.3 is 0 Å². The fourth-order valence-corrected chi connectivity index (χ4v) is 2.82. The highest BCUT2D eigenvalue weighted by Crippen LogP contribution is 2.26. The lowest BCUT2D eigenvalue weighted by molar-refractivity contribution is -0.122. The van der Waals surface area contributed by atoms with Gasteiger partial charge in [0.1, 0.15) is 5.75 Å². The Morgan fingerprint density at radius 3 is 2.48 bits per heavy atom. The van der Waals surface area contributed by atoms with Crippen LogP contribution in [0.3, 0.4) is 0 Å². The van der Waals surface area contributed by atoms with E-state index in [0.717, 1.165) is 10.8 Å². The standard InChI is InChI=1S/C20H17Cl2NO2/c1-2-19(20(24)23-15-8-10-17(21)18(22)12-15)25-16-9-7-13-5-3-4-6-14(13)11-16/h3-12,19H,2H2,1H3,(H,23,24)/t19-/m1/s1. The lowest BCUT2D eigenvalue weighted by atomic mass is 10.1. The molecule has 0 unspecified atom stereocenters. The maximum absolute atomic E-state index is 12.5. The van der Waals surface area contributed by atoms with Crippen molar-refractivity contribution in [1.82, 2.24) is 0 Å². The number of halogens is 2. The first-order valence-corrected chi connectivity index (χ1v) is 8.74. The molecule has 1 atom stereocenters. The number of nitrogens with one attached hydrogen (secondary N) is 1. The van der Waals surface area contributed by atoms with E-state index in [0.29, 0.717) is 27.9 Å². The molecule has 3 nitrogen and oxygen atoms in total. The average Bonchev–Trinajstić information content (AvgIpc) is 2.62. The number of rotatable bonds is 5. The number of ether oxygens (including phenoxy) is 1. The van der Waals surface area contributed by atoms with Crippen molar-refractivity contribution in [3.63, 3.8) is 0 Å². The Kier molecular flexibility index (Phi) is 5.47. The SMILES string of the molecule is CC[C@@H](Oc1ccc2ccccc2c1)C(=O)Nc1ccc(Cl)c(Cl)c1. The maximum atomic E-state index is 12.5. The summed E-state index contributed by atoms with van der Waals surface area (Å²) < 4.78 is 5.89. The van der Waals surface area contributed by atoms with Crippen LogP contribution in [0.4, 0.5) is 5.69 Å². The molecule has 3 aromatic carbocycles. The molecule has 0 heterocycles. The average molecular weight is 374 g/mol. The van der Waals surface area contributed by atoms with E-state index in [9.17, 15) is 4.79 Å². The quantitative estimate of drug-likeness (QED) is 0.600. The number of hydrogen-bond donors (Lipinski definition) is 1. The first-order valence-electron chi connectivity index (χ1n) is 7.98. The van der Waals surface area contributed by atoms with Crippen LogP contribution < -0.4 is 10.1 Å². The van der Waals surface area contributed by atoms with Crippen LogP contribution in [0.1, 0.15) is 13.3 Å². The van der Waals surface area contributed by atoms with Crippen LogP contribution in [0.15, 0.2) is 60.7 Å². The summed E-state index contributed by atoms with van der Waals surface area (Å²) in [5.41, 5.74) is 0.583. The zero-order valence-corrected chi connectivity index (χ0v) is 15.1. The second-order valence-electron chi connectivity index (χ2n) is 5.64. The molecule has 0 aromatic heterocycles. The molecule has 0 spiro atoms. The van der Waals surface area contributed by atoms with Gasteiger partial charge in [0.25, 0.3) is 5.91 Å². The molecule has 0 aliphatic carbocycles. The van der Waals surface area contributed by atoms with Gasteiger partial charge in [-0.15, -0.1) is 0 Å². The number of amides is 1. The van der Waals surface area contributed by atoms with Gasteiger partial charge in [-0.1, -0.05) is 60.5 Å². The Bertz CT molecular complexity index is 911. The van der Waals surface area contributed by atoms with E-state index in [-0.39, 0.29) is 5.91 Å². The minimum atomic E-state index is -0.601. The Morgan fingerprint density at radius 2 is 1.76 bits per heavy atom. The highest BCUT2D eigenvalue weighted by Gasteiger charge is 2.19. The summed E-state index contributed by atoms with van der Waals surface area (Å²) in [6.07, 6.45) is -0.0596. The summed E-state index contributed by atoms with van der Waals surface area (Å²) in [7, 11) is 0. The van der Waals surface area contributed by atoms with Gasteiger partial charge in [0.2, 0.25) is 0 Å². The van der Waals surface area contributed by atoms with Crippen molar-refractivity contribution in [2.75, 3.05) is 5.32 Å². The Labute approximate surface area is 156 Å². The molecule has 0 fully saturated rings. The molecule has 3 aromatic rings. The molecular weight excluding hydrogens is 357 g/mol. The van der Waals surface area contributed by atoms with E-state index < -0.39 is 6.10 Å². The zero-order chi connectivity index (χ0) is 17.8. The highest BCUT2D eigenvalue weighted by atomic mass is 35.5. The van der Waals surface area contributed by atoms with E-state index in [1.54, 1.807) is 18.2 Å². The number of hydrogen-bond acceptors (Lipinski definition) is 2. The molecule has 1 N–H and O–H groups in total. The van der Waals surface area contributed by atoms with Crippen LogP contribution in [0, 0.1) is 0 Å². The zero-order valence-electron chi connectivity index (χ0n) is 13.6. The molecule has 0 aliphatic rings. The van der Waals surface area contributed by atoms with Gasteiger partial charge in [-0.3, -0.25) is 4.79 Å². The van der Waals surface area contributed by atoms with Crippen molar-refractivity contribution < 1.29 is 9.53 Å². The molecule has 128 valence electrons. The van der Waals surface area contributed by atoms with Crippen LogP contribution in [-0.2, 0) is 4.79 Å². The minimum absolute atomic E-state index is 0.228. The molecule has 3 rings (SSSR count). The summed E-state index contributed by atoms with van der Waals surface area (Å²) >= 11 is 11.9. The number of fused-ring (bicyclic) bond motifs is 1. The normalized spacial score (nSPS) is 12.0. The van der Waals surface area contributed by atoms with Gasteiger partial charge in [-0.05, 0) is 47.5 Å². The number of anilines is 1. The largest absolute Gasteiger partial charge is 0.481 e. The van der Waals surface area contributed by atoms with Crippen molar-refractivity contribution >= 4 is 45.6 Å². The first-order chi connectivity index (χ1) is 12.1. The van der Waals surface area contributed by atoms with Gasteiger partial charge in [-0.2, -0.15) is 0 Å². The summed E-state index contributed by atoms with van der Waals surface area (Å²) in [6, 6.07) is 18.8. The van der Waals surface area contributed by atoms with Crippen molar-refractivity contribution in [1.29, 1.82) is 0 Å². The molecule has 0 bridgehead atoms. The monoisotopic (exact) mass is 373 g/mol. The van der Waals surface area contributed by atoms with Crippen molar-refractivity contribution in [3.05, 3.63) is 70.7 Å². The van der Waals surface area contributed by atoms with Crippen LogP contribution in [0.5, 0.6) is 5.75 Å². The molecule has 25 heavy (non-hydrogen) atoms. The van der Waals surface area contributed by atoms with E-state index in [1.807, 2.05) is 49.4 Å². The Morgan fingerprint density at radius 1 is 1.00 bits per heavy atom. The summed E-state index contributed by atoms with van der Waals surface area (Å²) in [5, 5.41) is 5.84. The highest BCUT2D eigenvalue weighted by molar-refractivity contribution is 6.42. The van der Waals surface area contributed by atoms with Crippen LogP contribution in [-0.4, -0.2) is 12.0 Å². The summed E-state index contributed by atoms with van der Waals surface area (Å²) in [4.78, 5) is 12.5. The van der Waals surface area contributed by atoms with Crippen LogP contribution >= 0.6 is 23.2 Å². The number of carbonyl (C=O) groups is 1. The molecular formula is C20H17Cl2NO2. The second kappa shape index (κ2) is 7.77. The van der Waals surface area contributed by atoms with Crippen molar-refractivity contribution in [2.24, 2.45) is 0 Å². The van der Waals surface area contributed by atoms with Gasteiger partial charge in [0.05, 0.1) is 10.0 Å². The first kappa shape index (κ1) is 17.6. The predicted molar refractivity (Wildman–Crippen MR) is 104 cm³/mol. The topological polar surface area (TPSA) is 38.3 Å². The van der Waals surface area contributed by atoms with Gasteiger partial charge in [0, 0.05) is 5.69 Å². The summed E-state index contributed by atoms with van der Waals surface area (Å²) in [6.45, 7) is 1.90. The molecule has 5 heteroatoms. The molecule has 0 saturated heterocycles. The van der Waals surface area contributed by atoms with E-state index >= 15 is 0 Å². The lowest BCUT2D eigenvalue weighted by Crippen LogP contribution is -2.32. The van der Waals surface area contributed by atoms with Gasteiger partial charge in [0.15, 0.2) is 6.10 Å². The van der Waals surface area contributed by atoms with Gasteiger partial charge in [-0.25, -0.2) is 0 Å². The Balaban J connectivity index is 1.73. The molecule has 1 amide bonds. The smallest absolute Gasteiger partial charge is 0.265 e. The predicted octanol–water partition coefficient (Wildman–Crippen LogP) is 5.94. The molecule has 0 radical (unpaired) electrons. The molecule has 0 saturated carbocycles. The third-order valence-corrected chi connectivity index (χ3v) is 4.59.